The minimum atomic E-state index is 0.0863. The number of rotatable bonds is 2. The average Bonchev–Trinajstić information content (AvgIpc) is 2.63. The van der Waals surface area contributed by atoms with E-state index >= 15 is 0 Å². The summed E-state index contributed by atoms with van der Waals surface area (Å²) in [5.41, 5.74) is 0.973. The fraction of sp³-hybridized carbons (Fsp3) is 0.200. The molecule has 0 bridgehead atoms. The predicted octanol–water partition coefficient (Wildman–Crippen LogP) is 3.58. The number of hydrogen-bond acceptors (Lipinski definition) is 3. The van der Waals surface area contributed by atoms with Crippen molar-refractivity contribution in [3.63, 3.8) is 0 Å². The molecule has 0 spiro atoms. The second kappa shape index (κ2) is 4.23. The molecule has 4 heteroatoms. The molecule has 0 unspecified atom stereocenters. The van der Waals surface area contributed by atoms with Gasteiger partial charge in [-0.05, 0) is 23.1 Å². The molecule has 0 atom stereocenters. The van der Waals surface area contributed by atoms with Gasteiger partial charge < -0.3 is 5.11 Å². The van der Waals surface area contributed by atoms with Gasteiger partial charge in [0, 0.05) is 19.8 Å². The minimum absolute atomic E-state index is 0.0863. The second-order valence-corrected chi connectivity index (χ2v) is 5.17. The van der Waals surface area contributed by atoms with Crippen molar-refractivity contribution in [3.8, 4) is 0 Å². The molecule has 0 aliphatic rings. The molecule has 2 rings (SSSR count). The summed E-state index contributed by atoms with van der Waals surface area (Å²) in [5.74, 6) is 0. The van der Waals surface area contributed by atoms with E-state index in [4.69, 9.17) is 0 Å². The fourth-order valence-electron chi connectivity index (χ4n) is 1.42. The van der Waals surface area contributed by atoms with E-state index in [-0.39, 0.29) is 6.61 Å². The van der Waals surface area contributed by atoms with E-state index in [0.29, 0.717) is 0 Å². The predicted molar refractivity (Wildman–Crippen MR) is 67.6 cm³/mol. The molecule has 0 aliphatic carbocycles. The first-order chi connectivity index (χ1) is 6.76. The largest absolute Gasteiger partial charge is 0.392 e. The molecule has 1 nitrogen and oxygen atoms in total. The standard InChI is InChI=1S/C10H9BrOS2/c11-4-7-3-8-6(5-12)1-2-9(13)10(8)14-7/h1-3,12-13H,4-5H2. The van der Waals surface area contributed by atoms with Gasteiger partial charge in [0.2, 0.25) is 0 Å². The lowest BCUT2D eigenvalue weighted by molar-refractivity contribution is 0.283. The van der Waals surface area contributed by atoms with Gasteiger partial charge in [-0.15, -0.1) is 24.0 Å². The number of alkyl halides is 1. The topological polar surface area (TPSA) is 20.2 Å². The van der Waals surface area contributed by atoms with Crippen molar-refractivity contribution >= 4 is 50.0 Å². The summed E-state index contributed by atoms with van der Waals surface area (Å²) in [6.07, 6.45) is 0. The molecule has 0 radical (unpaired) electrons. The summed E-state index contributed by atoms with van der Waals surface area (Å²) in [6, 6.07) is 5.97. The molecule has 0 saturated heterocycles. The van der Waals surface area contributed by atoms with Crippen molar-refractivity contribution in [2.24, 2.45) is 0 Å². The Morgan fingerprint density at radius 1 is 1.43 bits per heavy atom. The number of aliphatic hydroxyl groups excluding tert-OH is 1. The molecule has 14 heavy (non-hydrogen) atoms. The molecule has 0 aliphatic heterocycles. The molecular weight excluding hydrogens is 280 g/mol. The van der Waals surface area contributed by atoms with E-state index in [1.165, 1.54) is 4.88 Å². The van der Waals surface area contributed by atoms with Gasteiger partial charge in [-0.2, -0.15) is 0 Å². The smallest absolute Gasteiger partial charge is 0.0688 e. The van der Waals surface area contributed by atoms with Crippen LogP contribution in [0.15, 0.2) is 23.1 Å². The third-order valence-corrected chi connectivity index (χ3v) is 4.77. The van der Waals surface area contributed by atoms with Gasteiger partial charge in [0.05, 0.1) is 6.61 Å². The number of aliphatic hydroxyl groups is 1. The van der Waals surface area contributed by atoms with Crippen LogP contribution >= 0.6 is 39.9 Å². The van der Waals surface area contributed by atoms with Crippen LogP contribution in [0, 0.1) is 0 Å². The first kappa shape index (κ1) is 10.5. The number of thiophene rings is 1. The summed E-state index contributed by atoms with van der Waals surface area (Å²) in [5, 5.41) is 11.2. The van der Waals surface area contributed by atoms with Gasteiger partial charge in [0.1, 0.15) is 0 Å². The zero-order chi connectivity index (χ0) is 10.1. The highest BCUT2D eigenvalue weighted by atomic mass is 79.9. The number of benzene rings is 1. The van der Waals surface area contributed by atoms with Crippen LogP contribution in [0.5, 0.6) is 0 Å². The molecule has 1 heterocycles. The maximum absolute atomic E-state index is 9.18. The lowest BCUT2D eigenvalue weighted by Gasteiger charge is -1.99. The molecule has 0 amide bonds. The van der Waals surface area contributed by atoms with Crippen molar-refractivity contribution in [2.45, 2.75) is 16.8 Å². The summed E-state index contributed by atoms with van der Waals surface area (Å²) in [7, 11) is 0. The molecule has 1 aromatic heterocycles. The number of hydrogen-bond donors (Lipinski definition) is 2. The highest BCUT2D eigenvalue weighted by molar-refractivity contribution is 9.08. The maximum atomic E-state index is 9.18. The lowest BCUT2D eigenvalue weighted by Crippen LogP contribution is -1.82. The number of halogens is 1. The Bertz CT molecular complexity index is 464. The van der Waals surface area contributed by atoms with Crippen molar-refractivity contribution in [3.05, 3.63) is 28.6 Å². The lowest BCUT2D eigenvalue weighted by atomic mass is 10.1. The molecule has 1 N–H and O–H groups in total. The summed E-state index contributed by atoms with van der Waals surface area (Å²) >= 11 is 9.55. The molecule has 0 fully saturated rings. The van der Waals surface area contributed by atoms with Crippen molar-refractivity contribution in [1.82, 2.24) is 0 Å². The van der Waals surface area contributed by atoms with Crippen LogP contribution in [-0.4, -0.2) is 5.11 Å². The van der Waals surface area contributed by atoms with Gasteiger partial charge in [0.25, 0.3) is 0 Å². The van der Waals surface area contributed by atoms with E-state index in [1.807, 2.05) is 12.1 Å². The Balaban J connectivity index is 2.74. The van der Waals surface area contributed by atoms with Crippen molar-refractivity contribution in [2.75, 3.05) is 0 Å². The van der Waals surface area contributed by atoms with Crippen LogP contribution in [0.3, 0.4) is 0 Å². The van der Waals surface area contributed by atoms with E-state index in [2.05, 4.69) is 34.6 Å². The van der Waals surface area contributed by atoms with Crippen molar-refractivity contribution in [1.29, 1.82) is 0 Å². The van der Waals surface area contributed by atoms with Crippen molar-refractivity contribution < 1.29 is 5.11 Å². The summed E-state index contributed by atoms with van der Waals surface area (Å²) in [4.78, 5) is 2.24. The minimum Gasteiger partial charge on any atom is -0.392 e. The molecule has 0 saturated carbocycles. The van der Waals surface area contributed by atoms with Gasteiger partial charge in [-0.25, -0.2) is 0 Å². The zero-order valence-corrected chi connectivity index (χ0v) is 10.6. The van der Waals surface area contributed by atoms with Crippen LogP contribution in [0.1, 0.15) is 10.4 Å². The van der Waals surface area contributed by atoms with E-state index in [9.17, 15) is 5.11 Å². The van der Waals surface area contributed by atoms with Crippen LogP contribution in [0.4, 0.5) is 0 Å². The Morgan fingerprint density at radius 3 is 2.86 bits per heavy atom. The Morgan fingerprint density at radius 2 is 2.21 bits per heavy atom. The highest BCUT2D eigenvalue weighted by Gasteiger charge is 2.07. The first-order valence-electron chi connectivity index (χ1n) is 4.16. The number of thiol groups is 1. The molecule has 2 aromatic rings. The second-order valence-electron chi connectivity index (χ2n) is 2.99. The van der Waals surface area contributed by atoms with Gasteiger partial charge in [0.15, 0.2) is 0 Å². The Kier molecular flexibility index (Phi) is 3.17. The monoisotopic (exact) mass is 288 g/mol. The first-order valence-corrected chi connectivity index (χ1v) is 6.55. The normalized spacial score (nSPS) is 11.1. The maximum Gasteiger partial charge on any atom is 0.0688 e. The van der Waals surface area contributed by atoms with Gasteiger partial charge >= 0.3 is 0 Å². The SMILES string of the molecule is OCc1ccc(S)c2sc(CBr)cc12. The molecule has 1 aromatic carbocycles. The van der Waals surface area contributed by atoms with Gasteiger partial charge in [-0.3, -0.25) is 0 Å². The zero-order valence-electron chi connectivity index (χ0n) is 7.33. The quantitative estimate of drug-likeness (QED) is 0.639. The molecular formula is C10H9BrOS2. The van der Waals surface area contributed by atoms with E-state index < -0.39 is 0 Å². The summed E-state index contributed by atoms with van der Waals surface area (Å²) < 4.78 is 1.16. The Labute approximate surface area is 100 Å². The Hall–Kier alpha value is -0.0300. The van der Waals surface area contributed by atoms with Crippen LogP contribution < -0.4 is 0 Å². The number of fused-ring (bicyclic) bond motifs is 1. The summed E-state index contributed by atoms with van der Waals surface area (Å²) in [6.45, 7) is 0.0863. The van der Waals surface area contributed by atoms with E-state index in [0.717, 1.165) is 25.9 Å². The third kappa shape index (κ3) is 1.72. The van der Waals surface area contributed by atoms with E-state index in [1.54, 1.807) is 11.3 Å². The molecule has 74 valence electrons. The van der Waals surface area contributed by atoms with Gasteiger partial charge in [-0.1, -0.05) is 22.0 Å². The fourth-order valence-corrected chi connectivity index (χ4v) is 3.22. The highest BCUT2D eigenvalue weighted by Crippen LogP contribution is 2.34. The third-order valence-electron chi connectivity index (χ3n) is 2.11. The van der Waals surface area contributed by atoms with Crippen LogP contribution in [0.25, 0.3) is 10.1 Å². The van der Waals surface area contributed by atoms with Crippen LogP contribution in [-0.2, 0) is 11.9 Å². The van der Waals surface area contributed by atoms with Crippen LogP contribution in [0.2, 0.25) is 0 Å². The average molecular weight is 289 g/mol.